The van der Waals surface area contributed by atoms with E-state index in [1.54, 1.807) is 13.0 Å². The van der Waals surface area contributed by atoms with Gasteiger partial charge in [0.25, 0.3) is 5.95 Å². The Morgan fingerprint density at radius 3 is 2.73 bits per heavy atom. The van der Waals surface area contributed by atoms with Crippen molar-refractivity contribution in [3.63, 3.8) is 0 Å². The fourth-order valence-electron chi connectivity index (χ4n) is 1.09. The van der Waals surface area contributed by atoms with Crippen LogP contribution in [0, 0.1) is 17.6 Å². The number of rotatable bonds is 4. The maximum absolute atomic E-state index is 13.1. The van der Waals surface area contributed by atoms with Gasteiger partial charge in [-0.1, -0.05) is 6.08 Å². The van der Waals surface area contributed by atoms with E-state index in [1.807, 2.05) is 0 Å². The minimum atomic E-state index is -1.32. The molecule has 0 saturated carbocycles. The summed E-state index contributed by atoms with van der Waals surface area (Å²) in [7, 11) is 0. The van der Waals surface area contributed by atoms with Crippen LogP contribution in [0.25, 0.3) is 0 Å². The van der Waals surface area contributed by atoms with Gasteiger partial charge in [0.15, 0.2) is 17.5 Å². The first-order valence-corrected chi connectivity index (χ1v) is 4.43. The monoisotopic (exact) mass is 216 g/mol. The lowest BCUT2D eigenvalue weighted by atomic mass is 10.2. The van der Waals surface area contributed by atoms with Crippen molar-refractivity contribution in [2.24, 2.45) is 0 Å². The molecule has 0 aliphatic carbocycles. The minimum Gasteiger partial charge on any atom is -0.365 e. The van der Waals surface area contributed by atoms with Crippen LogP contribution in [-0.4, -0.2) is 11.0 Å². The fraction of sp³-hybridized carbons (Fsp3) is 0.300. The quantitative estimate of drug-likeness (QED) is 0.618. The number of nitrogens with zero attached hydrogens (tertiary/aromatic N) is 1. The van der Waals surface area contributed by atoms with Gasteiger partial charge in [0.1, 0.15) is 0 Å². The SMILES string of the molecule is C=CCC(C)Nc1nc(F)c(F)cc1F. The Morgan fingerprint density at radius 2 is 2.13 bits per heavy atom. The molecule has 1 N–H and O–H groups in total. The predicted octanol–water partition coefficient (Wildman–Crippen LogP) is 2.88. The predicted molar refractivity (Wildman–Crippen MR) is 52.0 cm³/mol. The molecule has 1 heterocycles. The number of anilines is 1. The van der Waals surface area contributed by atoms with E-state index in [0.29, 0.717) is 12.5 Å². The minimum absolute atomic E-state index is 0.144. The average Bonchev–Trinajstić information content (AvgIpc) is 2.14. The van der Waals surface area contributed by atoms with Crippen LogP contribution < -0.4 is 5.32 Å². The van der Waals surface area contributed by atoms with E-state index in [-0.39, 0.29) is 11.9 Å². The lowest BCUT2D eigenvalue weighted by Crippen LogP contribution is -2.16. The Morgan fingerprint density at radius 1 is 1.47 bits per heavy atom. The lowest BCUT2D eigenvalue weighted by Gasteiger charge is -2.12. The van der Waals surface area contributed by atoms with Crippen LogP contribution in [-0.2, 0) is 0 Å². The standard InChI is InChI=1S/C10H11F3N2/c1-3-4-6(2)14-10-8(12)5-7(11)9(13)15-10/h3,5-6H,1,4H2,2H3,(H,14,15). The topological polar surface area (TPSA) is 24.9 Å². The molecule has 82 valence electrons. The maximum Gasteiger partial charge on any atom is 0.251 e. The first kappa shape index (κ1) is 11.6. The Bertz CT molecular complexity index is 366. The summed E-state index contributed by atoms with van der Waals surface area (Å²) in [4.78, 5) is 3.13. The van der Waals surface area contributed by atoms with Crippen LogP contribution in [0.4, 0.5) is 19.0 Å². The molecule has 0 aliphatic rings. The normalized spacial score (nSPS) is 12.3. The third-order valence-electron chi connectivity index (χ3n) is 1.79. The van der Waals surface area contributed by atoms with Crippen molar-refractivity contribution >= 4 is 5.82 Å². The first-order valence-electron chi connectivity index (χ1n) is 4.43. The molecule has 0 aliphatic heterocycles. The molecule has 0 fully saturated rings. The summed E-state index contributed by atoms with van der Waals surface area (Å²) >= 11 is 0. The lowest BCUT2D eigenvalue weighted by molar-refractivity contribution is 0.465. The van der Waals surface area contributed by atoms with Crippen molar-refractivity contribution in [2.45, 2.75) is 19.4 Å². The van der Waals surface area contributed by atoms with E-state index in [1.165, 1.54) is 0 Å². The van der Waals surface area contributed by atoms with Crippen LogP contribution >= 0.6 is 0 Å². The Labute approximate surface area is 85.8 Å². The van der Waals surface area contributed by atoms with E-state index in [0.717, 1.165) is 0 Å². The van der Waals surface area contributed by atoms with Gasteiger partial charge in [-0.3, -0.25) is 0 Å². The number of halogens is 3. The fourth-order valence-corrected chi connectivity index (χ4v) is 1.09. The molecule has 0 amide bonds. The van der Waals surface area contributed by atoms with Gasteiger partial charge >= 0.3 is 0 Å². The van der Waals surface area contributed by atoms with E-state index >= 15 is 0 Å². The van der Waals surface area contributed by atoms with E-state index in [2.05, 4.69) is 16.9 Å². The first-order chi connectivity index (χ1) is 7.04. The van der Waals surface area contributed by atoms with Crippen molar-refractivity contribution < 1.29 is 13.2 Å². The van der Waals surface area contributed by atoms with Crippen LogP contribution in [0.15, 0.2) is 18.7 Å². The van der Waals surface area contributed by atoms with Gasteiger partial charge in [0, 0.05) is 12.1 Å². The highest BCUT2D eigenvalue weighted by Crippen LogP contribution is 2.15. The zero-order valence-corrected chi connectivity index (χ0v) is 8.23. The van der Waals surface area contributed by atoms with Crippen LogP contribution in [0.5, 0.6) is 0 Å². The molecular formula is C10H11F3N2. The van der Waals surface area contributed by atoms with Crippen molar-refractivity contribution in [3.8, 4) is 0 Å². The zero-order chi connectivity index (χ0) is 11.4. The van der Waals surface area contributed by atoms with Gasteiger partial charge in [0.05, 0.1) is 0 Å². The van der Waals surface area contributed by atoms with Crippen molar-refractivity contribution in [1.82, 2.24) is 4.98 Å². The second kappa shape index (κ2) is 4.82. The second-order valence-electron chi connectivity index (χ2n) is 3.16. The highest BCUT2D eigenvalue weighted by Gasteiger charge is 2.12. The molecule has 0 saturated heterocycles. The van der Waals surface area contributed by atoms with Gasteiger partial charge in [-0.05, 0) is 13.3 Å². The molecule has 1 aromatic rings. The Hall–Kier alpha value is -1.52. The molecule has 0 bridgehead atoms. The molecule has 0 aromatic carbocycles. The molecule has 1 atom stereocenters. The molecular weight excluding hydrogens is 205 g/mol. The Balaban J connectivity index is 2.85. The average molecular weight is 216 g/mol. The van der Waals surface area contributed by atoms with Crippen molar-refractivity contribution in [1.29, 1.82) is 0 Å². The summed E-state index contributed by atoms with van der Waals surface area (Å²) in [6.45, 7) is 5.26. The molecule has 2 nitrogen and oxygen atoms in total. The second-order valence-corrected chi connectivity index (χ2v) is 3.16. The van der Waals surface area contributed by atoms with E-state index in [9.17, 15) is 13.2 Å². The molecule has 5 heteroatoms. The number of aromatic nitrogens is 1. The zero-order valence-electron chi connectivity index (χ0n) is 8.23. The van der Waals surface area contributed by atoms with Gasteiger partial charge in [-0.25, -0.2) is 8.78 Å². The number of pyridine rings is 1. The van der Waals surface area contributed by atoms with Gasteiger partial charge in [0.2, 0.25) is 0 Å². The number of hydrogen-bond donors (Lipinski definition) is 1. The highest BCUT2D eigenvalue weighted by atomic mass is 19.2. The van der Waals surface area contributed by atoms with Crippen LogP contribution in [0.3, 0.4) is 0 Å². The van der Waals surface area contributed by atoms with Crippen molar-refractivity contribution in [3.05, 3.63) is 36.3 Å². The van der Waals surface area contributed by atoms with Crippen LogP contribution in [0.1, 0.15) is 13.3 Å². The molecule has 1 rings (SSSR count). The third-order valence-corrected chi connectivity index (χ3v) is 1.79. The molecule has 1 aromatic heterocycles. The van der Waals surface area contributed by atoms with Gasteiger partial charge in [-0.15, -0.1) is 6.58 Å². The highest BCUT2D eigenvalue weighted by molar-refractivity contribution is 5.37. The third kappa shape index (κ3) is 2.97. The number of nitrogens with one attached hydrogen (secondary N) is 1. The van der Waals surface area contributed by atoms with Crippen LogP contribution in [0.2, 0.25) is 0 Å². The maximum atomic E-state index is 13.1. The molecule has 0 spiro atoms. The summed E-state index contributed by atoms with van der Waals surface area (Å²) in [6.07, 6.45) is 2.20. The molecule has 15 heavy (non-hydrogen) atoms. The summed E-state index contributed by atoms with van der Waals surface area (Å²) in [5, 5.41) is 2.62. The molecule has 1 unspecified atom stereocenters. The van der Waals surface area contributed by atoms with Crippen molar-refractivity contribution in [2.75, 3.05) is 5.32 Å². The van der Waals surface area contributed by atoms with Gasteiger partial charge < -0.3 is 5.32 Å². The largest absolute Gasteiger partial charge is 0.365 e. The molecule has 0 radical (unpaired) electrons. The summed E-state index contributed by atoms with van der Waals surface area (Å²) < 4.78 is 38.3. The summed E-state index contributed by atoms with van der Waals surface area (Å²) in [6, 6.07) is 0.319. The van der Waals surface area contributed by atoms with Gasteiger partial charge in [-0.2, -0.15) is 9.37 Å². The van der Waals surface area contributed by atoms with E-state index in [4.69, 9.17) is 0 Å². The summed E-state index contributed by atoms with van der Waals surface area (Å²) in [5.74, 6) is -3.81. The number of hydrogen-bond acceptors (Lipinski definition) is 2. The Kier molecular flexibility index (Phi) is 3.71. The van der Waals surface area contributed by atoms with E-state index < -0.39 is 17.6 Å². The summed E-state index contributed by atoms with van der Waals surface area (Å²) in [5.41, 5.74) is 0. The smallest absolute Gasteiger partial charge is 0.251 e.